The van der Waals surface area contributed by atoms with Crippen LogP contribution < -0.4 is 0 Å². The number of likely N-dealkylation sites (tertiary alicyclic amines) is 1. The van der Waals surface area contributed by atoms with Crippen LogP contribution in [0.3, 0.4) is 0 Å². The van der Waals surface area contributed by atoms with Gasteiger partial charge in [-0.05, 0) is 13.0 Å². The molecule has 0 aromatic carbocycles. The van der Waals surface area contributed by atoms with Gasteiger partial charge in [0.2, 0.25) is 0 Å². The SMILES string of the molecule is C=C(C)/C=C\C(=C)N1CC2COCC2C1. The van der Waals surface area contributed by atoms with Gasteiger partial charge < -0.3 is 9.64 Å². The molecule has 82 valence electrons. The van der Waals surface area contributed by atoms with E-state index >= 15 is 0 Å². The Morgan fingerprint density at radius 1 is 1.20 bits per heavy atom. The molecule has 2 saturated heterocycles. The molecule has 2 nitrogen and oxygen atoms in total. The van der Waals surface area contributed by atoms with Gasteiger partial charge >= 0.3 is 0 Å². The Kier molecular flexibility index (Phi) is 2.96. The highest BCUT2D eigenvalue weighted by atomic mass is 16.5. The van der Waals surface area contributed by atoms with Crippen molar-refractivity contribution in [2.45, 2.75) is 6.92 Å². The van der Waals surface area contributed by atoms with Crippen molar-refractivity contribution in [2.24, 2.45) is 11.8 Å². The molecule has 0 amide bonds. The van der Waals surface area contributed by atoms with E-state index in [2.05, 4.69) is 24.1 Å². The molecule has 0 N–H and O–H groups in total. The predicted octanol–water partition coefficient (Wildman–Crippen LogP) is 2.21. The standard InChI is InChI=1S/C13H19NO/c1-10(2)4-5-11(3)14-6-12-8-15-9-13(12)7-14/h4-5,12-13H,1,3,6-9H2,2H3/b5-4-. The minimum atomic E-state index is 0.722. The fourth-order valence-corrected chi connectivity index (χ4v) is 2.27. The summed E-state index contributed by atoms with van der Waals surface area (Å²) in [7, 11) is 0. The number of allylic oxidation sites excluding steroid dienone is 3. The predicted molar refractivity (Wildman–Crippen MR) is 62.5 cm³/mol. The van der Waals surface area contributed by atoms with Crippen LogP contribution in [-0.4, -0.2) is 31.2 Å². The molecule has 0 bridgehead atoms. The molecule has 2 heterocycles. The monoisotopic (exact) mass is 205 g/mol. The molecule has 0 aliphatic carbocycles. The summed E-state index contributed by atoms with van der Waals surface area (Å²) in [6.07, 6.45) is 4.08. The number of hydrogen-bond donors (Lipinski definition) is 0. The maximum absolute atomic E-state index is 5.45. The maximum Gasteiger partial charge on any atom is 0.0515 e. The summed E-state index contributed by atoms with van der Waals surface area (Å²) in [5.41, 5.74) is 2.17. The van der Waals surface area contributed by atoms with Crippen LogP contribution >= 0.6 is 0 Å². The molecule has 2 unspecified atom stereocenters. The zero-order chi connectivity index (χ0) is 10.8. The highest BCUT2D eigenvalue weighted by Gasteiger charge is 2.36. The van der Waals surface area contributed by atoms with Gasteiger partial charge in [0, 0.05) is 30.6 Å². The summed E-state index contributed by atoms with van der Waals surface area (Å²) in [6, 6.07) is 0. The van der Waals surface area contributed by atoms with E-state index < -0.39 is 0 Å². The normalized spacial score (nSPS) is 29.8. The van der Waals surface area contributed by atoms with Crippen molar-refractivity contribution in [3.8, 4) is 0 Å². The molecule has 0 radical (unpaired) electrons. The van der Waals surface area contributed by atoms with E-state index in [9.17, 15) is 0 Å². The van der Waals surface area contributed by atoms with Crippen LogP contribution in [0.2, 0.25) is 0 Å². The van der Waals surface area contributed by atoms with Crippen molar-refractivity contribution in [3.63, 3.8) is 0 Å². The van der Waals surface area contributed by atoms with Crippen molar-refractivity contribution in [2.75, 3.05) is 26.3 Å². The van der Waals surface area contributed by atoms with Crippen LogP contribution in [0.4, 0.5) is 0 Å². The minimum absolute atomic E-state index is 0.722. The first-order chi connectivity index (χ1) is 7.16. The Labute approximate surface area is 91.9 Å². The van der Waals surface area contributed by atoms with E-state index in [0.29, 0.717) is 0 Å². The molecule has 2 fully saturated rings. The lowest BCUT2D eigenvalue weighted by Crippen LogP contribution is -2.20. The van der Waals surface area contributed by atoms with Gasteiger partial charge in [-0.25, -0.2) is 0 Å². The topological polar surface area (TPSA) is 12.5 Å². The van der Waals surface area contributed by atoms with Gasteiger partial charge in [0.1, 0.15) is 0 Å². The minimum Gasteiger partial charge on any atom is -0.381 e. The largest absolute Gasteiger partial charge is 0.381 e. The van der Waals surface area contributed by atoms with Gasteiger partial charge in [-0.2, -0.15) is 0 Å². The Morgan fingerprint density at radius 2 is 1.80 bits per heavy atom. The summed E-state index contributed by atoms with van der Waals surface area (Å²) in [6.45, 7) is 14.0. The summed E-state index contributed by atoms with van der Waals surface area (Å²) in [5.74, 6) is 1.44. The number of ether oxygens (including phenoxy) is 1. The molecule has 0 aromatic heterocycles. The maximum atomic E-state index is 5.45. The van der Waals surface area contributed by atoms with Crippen molar-refractivity contribution in [1.82, 2.24) is 4.90 Å². The van der Waals surface area contributed by atoms with Crippen LogP contribution in [0.15, 0.2) is 36.6 Å². The highest BCUT2D eigenvalue weighted by Crippen LogP contribution is 2.31. The lowest BCUT2D eigenvalue weighted by molar-refractivity contribution is 0.162. The molecule has 0 spiro atoms. The van der Waals surface area contributed by atoms with Crippen LogP contribution in [-0.2, 0) is 4.74 Å². The van der Waals surface area contributed by atoms with Gasteiger partial charge in [0.25, 0.3) is 0 Å². The molecule has 2 rings (SSSR count). The van der Waals surface area contributed by atoms with E-state index in [-0.39, 0.29) is 0 Å². The van der Waals surface area contributed by atoms with Crippen LogP contribution in [0, 0.1) is 11.8 Å². The molecular formula is C13H19NO. The zero-order valence-electron chi connectivity index (χ0n) is 9.41. The van der Waals surface area contributed by atoms with Gasteiger partial charge in [0.15, 0.2) is 0 Å². The number of nitrogens with zero attached hydrogens (tertiary/aromatic N) is 1. The van der Waals surface area contributed by atoms with Crippen molar-refractivity contribution < 1.29 is 4.74 Å². The fourth-order valence-electron chi connectivity index (χ4n) is 2.27. The Balaban J connectivity index is 1.91. The first-order valence-electron chi connectivity index (χ1n) is 5.52. The van der Waals surface area contributed by atoms with Crippen LogP contribution in [0.5, 0.6) is 0 Å². The van der Waals surface area contributed by atoms with E-state index in [0.717, 1.165) is 49.4 Å². The first-order valence-corrected chi connectivity index (χ1v) is 5.52. The smallest absolute Gasteiger partial charge is 0.0515 e. The quantitative estimate of drug-likeness (QED) is 0.655. The lowest BCUT2D eigenvalue weighted by Gasteiger charge is -2.19. The molecule has 2 aliphatic heterocycles. The number of fused-ring (bicyclic) bond motifs is 1. The lowest BCUT2D eigenvalue weighted by atomic mass is 10.0. The third-order valence-electron chi connectivity index (χ3n) is 3.21. The molecule has 2 aliphatic rings. The van der Waals surface area contributed by atoms with Crippen molar-refractivity contribution in [3.05, 3.63) is 36.6 Å². The molecule has 2 heteroatoms. The van der Waals surface area contributed by atoms with E-state index in [1.807, 2.05) is 13.0 Å². The first kappa shape index (κ1) is 10.5. The van der Waals surface area contributed by atoms with E-state index in [1.165, 1.54) is 0 Å². The fraction of sp³-hybridized carbons (Fsp3) is 0.538. The zero-order valence-corrected chi connectivity index (χ0v) is 9.41. The van der Waals surface area contributed by atoms with Crippen molar-refractivity contribution >= 4 is 0 Å². The Bertz CT molecular complexity index is 294. The summed E-state index contributed by atoms with van der Waals surface area (Å²) in [4.78, 5) is 2.36. The second-order valence-corrected chi connectivity index (χ2v) is 4.63. The van der Waals surface area contributed by atoms with Gasteiger partial charge in [-0.3, -0.25) is 0 Å². The average Bonchev–Trinajstić information content (AvgIpc) is 2.72. The summed E-state index contributed by atoms with van der Waals surface area (Å²) < 4.78 is 5.45. The Morgan fingerprint density at radius 3 is 2.33 bits per heavy atom. The average molecular weight is 205 g/mol. The molecule has 0 saturated carbocycles. The summed E-state index contributed by atoms with van der Waals surface area (Å²) in [5, 5.41) is 0. The van der Waals surface area contributed by atoms with E-state index in [1.54, 1.807) is 0 Å². The number of rotatable bonds is 3. The van der Waals surface area contributed by atoms with E-state index in [4.69, 9.17) is 4.74 Å². The van der Waals surface area contributed by atoms with Crippen LogP contribution in [0.1, 0.15) is 6.92 Å². The third-order valence-corrected chi connectivity index (χ3v) is 3.21. The second kappa shape index (κ2) is 4.23. The molecular weight excluding hydrogens is 186 g/mol. The molecule has 15 heavy (non-hydrogen) atoms. The third kappa shape index (κ3) is 2.32. The number of hydrogen-bond acceptors (Lipinski definition) is 2. The highest BCUT2D eigenvalue weighted by molar-refractivity contribution is 5.23. The van der Waals surface area contributed by atoms with Gasteiger partial charge in [-0.1, -0.05) is 24.8 Å². The summed E-state index contributed by atoms with van der Waals surface area (Å²) >= 11 is 0. The Hall–Kier alpha value is -1.02. The molecule has 0 aromatic rings. The van der Waals surface area contributed by atoms with Gasteiger partial charge in [-0.15, -0.1) is 0 Å². The van der Waals surface area contributed by atoms with Crippen molar-refractivity contribution in [1.29, 1.82) is 0 Å². The molecule has 2 atom stereocenters. The van der Waals surface area contributed by atoms with Gasteiger partial charge in [0.05, 0.1) is 13.2 Å². The van der Waals surface area contributed by atoms with Crippen LogP contribution in [0.25, 0.3) is 0 Å². The second-order valence-electron chi connectivity index (χ2n) is 4.63.